The smallest absolute Gasteiger partial charge is 0.0890 e. The van der Waals surface area contributed by atoms with Gasteiger partial charge in [0.2, 0.25) is 0 Å². The average molecular weight is 503 g/mol. The van der Waals surface area contributed by atoms with Crippen LogP contribution in [0.25, 0.3) is 10.8 Å². The molecule has 2 aromatic rings. The average Bonchev–Trinajstić information content (AvgIpc) is 3.06. The molecule has 0 aliphatic heterocycles. The van der Waals surface area contributed by atoms with Crippen molar-refractivity contribution in [2.75, 3.05) is 6.54 Å². The Morgan fingerprint density at radius 1 is 1.08 bits per heavy atom. The van der Waals surface area contributed by atoms with E-state index in [1.54, 1.807) is 0 Å². The van der Waals surface area contributed by atoms with Gasteiger partial charge in [0.15, 0.2) is 0 Å². The van der Waals surface area contributed by atoms with E-state index in [4.69, 9.17) is 0 Å². The van der Waals surface area contributed by atoms with Gasteiger partial charge in [-0.05, 0) is 122 Å². The van der Waals surface area contributed by atoms with Crippen LogP contribution in [-0.4, -0.2) is 39.5 Å². The van der Waals surface area contributed by atoms with Crippen molar-refractivity contribution in [2.24, 2.45) is 23.2 Å². The highest BCUT2D eigenvalue weighted by molar-refractivity contribution is 5.82. The molecule has 0 spiro atoms. The Hall–Kier alpha value is -1.75. The second-order valence-corrected chi connectivity index (χ2v) is 13.1. The summed E-state index contributed by atoms with van der Waals surface area (Å²) >= 11 is 0. The molecule has 0 radical (unpaired) electrons. The van der Waals surface area contributed by atoms with Crippen molar-refractivity contribution < 1.29 is 10.2 Å². The summed E-state index contributed by atoms with van der Waals surface area (Å²) in [4.78, 5) is 4.36. The van der Waals surface area contributed by atoms with Crippen molar-refractivity contribution in [3.8, 4) is 0 Å². The van der Waals surface area contributed by atoms with Gasteiger partial charge >= 0.3 is 0 Å². The summed E-state index contributed by atoms with van der Waals surface area (Å²) in [6, 6.07) is 9.54. The Morgan fingerprint density at radius 2 is 1.97 bits per heavy atom. The summed E-state index contributed by atoms with van der Waals surface area (Å²) in [5.41, 5.74) is 2.25. The maximum atomic E-state index is 12.5. The first-order valence-electron chi connectivity index (χ1n) is 15.1. The summed E-state index contributed by atoms with van der Waals surface area (Å²) in [6.07, 6.45) is 18.4. The molecule has 0 amide bonds. The van der Waals surface area contributed by atoms with Crippen LogP contribution in [0, 0.1) is 23.2 Å². The lowest BCUT2D eigenvalue weighted by Gasteiger charge is -2.50. The summed E-state index contributed by atoms with van der Waals surface area (Å²) in [5, 5.41) is 28.7. The van der Waals surface area contributed by atoms with E-state index in [2.05, 4.69) is 54.5 Å². The van der Waals surface area contributed by atoms with Crippen molar-refractivity contribution in [3.63, 3.8) is 0 Å². The van der Waals surface area contributed by atoms with Gasteiger partial charge in [0, 0.05) is 30.4 Å². The van der Waals surface area contributed by atoms with E-state index in [-0.39, 0.29) is 11.5 Å². The molecule has 4 aliphatic carbocycles. The molecule has 8 atom stereocenters. The third-order valence-corrected chi connectivity index (χ3v) is 11.2. The molecule has 1 heterocycles. The maximum absolute atomic E-state index is 12.5. The number of allylic oxidation sites excluding steroid dienone is 1. The second kappa shape index (κ2) is 10.1. The van der Waals surface area contributed by atoms with Crippen molar-refractivity contribution >= 4 is 10.8 Å². The van der Waals surface area contributed by atoms with Crippen LogP contribution in [0.4, 0.5) is 0 Å². The fourth-order valence-corrected chi connectivity index (χ4v) is 8.99. The quantitative estimate of drug-likeness (QED) is 0.408. The van der Waals surface area contributed by atoms with Gasteiger partial charge in [0.25, 0.3) is 0 Å². The summed E-state index contributed by atoms with van der Waals surface area (Å²) in [5.74, 6) is 2.19. The number of benzene rings is 1. The summed E-state index contributed by atoms with van der Waals surface area (Å²) in [7, 11) is 0. The lowest BCUT2D eigenvalue weighted by atomic mass is 9.57. The van der Waals surface area contributed by atoms with Crippen molar-refractivity contribution in [1.82, 2.24) is 10.3 Å². The number of fused-ring (bicyclic) bond motifs is 5. The first-order valence-corrected chi connectivity index (χ1v) is 15.1. The number of hydrogen-bond donors (Lipinski definition) is 3. The van der Waals surface area contributed by atoms with Crippen molar-refractivity contribution in [2.45, 2.75) is 108 Å². The van der Waals surface area contributed by atoms with Gasteiger partial charge in [-0.3, -0.25) is 4.98 Å². The largest absolute Gasteiger partial charge is 0.392 e. The molecule has 1 aromatic carbocycles. The number of aliphatic hydroxyl groups is 2. The Labute approximate surface area is 223 Å². The molecule has 6 rings (SSSR count). The third kappa shape index (κ3) is 4.57. The molecule has 4 nitrogen and oxygen atoms in total. The predicted octanol–water partition coefficient (Wildman–Crippen LogP) is 6.52. The van der Waals surface area contributed by atoms with Crippen LogP contribution in [0.5, 0.6) is 0 Å². The Kier molecular flexibility index (Phi) is 6.96. The minimum Gasteiger partial charge on any atom is -0.392 e. The Balaban J connectivity index is 1.23. The van der Waals surface area contributed by atoms with Crippen molar-refractivity contribution in [1.29, 1.82) is 0 Å². The molecule has 3 N–H and O–H groups in total. The van der Waals surface area contributed by atoms with E-state index < -0.39 is 5.60 Å². The molecule has 1 aromatic heterocycles. The van der Waals surface area contributed by atoms with Gasteiger partial charge in [-0.1, -0.05) is 38.5 Å². The van der Waals surface area contributed by atoms with E-state index in [1.165, 1.54) is 47.6 Å². The Morgan fingerprint density at radius 3 is 2.84 bits per heavy atom. The van der Waals surface area contributed by atoms with Crippen LogP contribution in [-0.2, 0) is 0 Å². The number of nitrogens with one attached hydrogen (secondary N) is 1. The molecule has 0 saturated heterocycles. The molecule has 4 heteroatoms. The number of hydrogen-bond acceptors (Lipinski definition) is 4. The summed E-state index contributed by atoms with van der Waals surface area (Å²) in [6.45, 7) is 5.23. The lowest BCUT2D eigenvalue weighted by molar-refractivity contribution is -0.0502. The minimum atomic E-state index is -0.645. The first kappa shape index (κ1) is 25.5. The minimum absolute atomic E-state index is 0.0981. The second-order valence-electron chi connectivity index (χ2n) is 13.1. The van der Waals surface area contributed by atoms with E-state index in [1.807, 2.05) is 12.4 Å². The number of aliphatic hydroxyl groups excluding tert-OH is 1. The SMILES string of the molecule is CCC(O)CNC1CCCC2CC3=CCC4(C)C(c5ccc6ccncc6c5)CCC4[C@@]3(O)CCC2C1. The zero-order valence-corrected chi connectivity index (χ0v) is 22.8. The van der Waals surface area contributed by atoms with Crippen LogP contribution in [0.3, 0.4) is 0 Å². The monoisotopic (exact) mass is 502 g/mol. The number of pyridine rings is 1. The molecular weight excluding hydrogens is 456 g/mol. The topological polar surface area (TPSA) is 65.4 Å². The zero-order chi connectivity index (χ0) is 25.6. The van der Waals surface area contributed by atoms with E-state index in [0.29, 0.717) is 36.3 Å². The summed E-state index contributed by atoms with van der Waals surface area (Å²) < 4.78 is 0. The van der Waals surface area contributed by atoms with Crippen LogP contribution < -0.4 is 5.32 Å². The van der Waals surface area contributed by atoms with Crippen LogP contribution in [0.2, 0.25) is 0 Å². The van der Waals surface area contributed by atoms with Gasteiger partial charge in [-0.2, -0.15) is 0 Å². The molecule has 0 bridgehead atoms. The van der Waals surface area contributed by atoms with Gasteiger partial charge in [-0.25, -0.2) is 0 Å². The van der Waals surface area contributed by atoms with E-state index in [9.17, 15) is 10.2 Å². The van der Waals surface area contributed by atoms with Crippen LogP contribution in [0.1, 0.15) is 96.0 Å². The highest BCUT2D eigenvalue weighted by atomic mass is 16.3. The predicted molar refractivity (Wildman–Crippen MR) is 150 cm³/mol. The van der Waals surface area contributed by atoms with Crippen molar-refractivity contribution in [3.05, 3.63) is 53.9 Å². The van der Waals surface area contributed by atoms with Gasteiger partial charge in [-0.15, -0.1) is 0 Å². The standard InChI is InChI=1S/C33H46N2O2/c1-3-29(36)21-35-28-6-4-5-23-18-27-12-14-32(2)30(25-8-7-22-13-16-34-20-26(22)17-25)9-10-31(32)33(27,37)15-11-24(23)19-28/h7-8,12-13,16-17,20,23-24,28-31,35-37H,3-6,9-11,14-15,18-19,21H2,1-2H3/t23?,24?,28?,29?,30?,31?,32?,33-/m1/s1. The highest BCUT2D eigenvalue weighted by Gasteiger charge is 2.59. The highest BCUT2D eigenvalue weighted by Crippen LogP contribution is 2.64. The normalized spacial score (nSPS) is 38.6. The molecule has 3 saturated carbocycles. The maximum Gasteiger partial charge on any atom is 0.0890 e. The number of aromatic nitrogens is 1. The van der Waals surface area contributed by atoms with Crippen LogP contribution in [0.15, 0.2) is 48.3 Å². The zero-order valence-electron chi connectivity index (χ0n) is 22.8. The third-order valence-electron chi connectivity index (χ3n) is 11.2. The molecular formula is C33H46N2O2. The van der Waals surface area contributed by atoms with Gasteiger partial charge < -0.3 is 15.5 Å². The molecule has 7 unspecified atom stereocenters. The fraction of sp³-hybridized carbons (Fsp3) is 0.667. The Bertz CT molecular complexity index is 1150. The number of nitrogens with zero attached hydrogens (tertiary/aromatic N) is 1. The van der Waals surface area contributed by atoms with Gasteiger partial charge in [0.1, 0.15) is 0 Å². The first-order chi connectivity index (χ1) is 17.9. The molecule has 200 valence electrons. The number of rotatable bonds is 5. The van der Waals surface area contributed by atoms with Crippen LogP contribution >= 0.6 is 0 Å². The fourth-order valence-electron chi connectivity index (χ4n) is 8.99. The van der Waals surface area contributed by atoms with E-state index in [0.717, 1.165) is 44.9 Å². The molecule has 3 fully saturated rings. The van der Waals surface area contributed by atoms with Gasteiger partial charge in [0.05, 0.1) is 11.7 Å². The molecule has 37 heavy (non-hydrogen) atoms. The van der Waals surface area contributed by atoms with E-state index >= 15 is 0 Å². The lowest BCUT2D eigenvalue weighted by Crippen LogP contribution is -2.49. The molecule has 4 aliphatic rings.